The Bertz CT molecular complexity index is 438. The molecule has 4 heteroatoms. The summed E-state index contributed by atoms with van der Waals surface area (Å²) in [6.45, 7) is 7.59. The van der Waals surface area contributed by atoms with E-state index in [-0.39, 0.29) is 0 Å². The van der Waals surface area contributed by atoms with Gasteiger partial charge in [-0.1, -0.05) is 6.92 Å². The van der Waals surface area contributed by atoms with Crippen molar-refractivity contribution in [1.82, 2.24) is 9.97 Å². The minimum absolute atomic E-state index is 0.782. The number of aryl methyl sites for hydroxylation is 1. The molecule has 1 heterocycles. The van der Waals surface area contributed by atoms with Gasteiger partial charge in [-0.05, 0) is 50.9 Å². The fourth-order valence-corrected chi connectivity index (χ4v) is 2.55. The molecule has 1 aromatic heterocycles. The molecule has 0 aliphatic heterocycles. The third-order valence-corrected chi connectivity index (χ3v) is 4.13. The van der Waals surface area contributed by atoms with Crippen LogP contribution in [0, 0.1) is 18.8 Å². The topological polar surface area (TPSA) is 41.1 Å². The van der Waals surface area contributed by atoms with E-state index < -0.39 is 0 Å². The number of anilines is 2. The average Bonchev–Trinajstić information content (AvgIpc) is 3.32. The second-order valence-corrected chi connectivity index (χ2v) is 6.42. The first kappa shape index (κ1) is 13.7. The second kappa shape index (κ2) is 5.98. The van der Waals surface area contributed by atoms with Crippen LogP contribution >= 0.6 is 0 Å². The highest BCUT2D eigenvalue weighted by molar-refractivity contribution is 5.49. The molecule has 4 nitrogen and oxygen atoms in total. The molecule has 2 aliphatic rings. The Kier molecular flexibility index (Phi) is 4.08. The summed E-state index contributed by atoms with van der Waals surface area (Å²) in [5.41, 5.74) is 1.20. The van der Waals surface area contributed by atoms with E-state index in [2.05, 4.69) is 29.0 Å². The van der Waals surface area contributed by atoms with Crippen LogP contribution in [0.3, 0.4) is 0 Å². The minimum atomic E-state index is 0.782. The van der Waals surface area contributed by atoms with Crippen molar-refractivity contribution in [3.8, 4) is 0 Å². The maximum Gasteiger partial charge on any atom is 0.224 e. The Morgan fingerprint density at radius 2 is 1.85 bits per heavy atom. The van der Waals surface area contributed by atoms with Gasteiger partial charge in [-0.3, -0.25) is 0 Å². The van der Waals surface area contributed by atoms with Gasteiger partial charge in [-0.25, -0.2) is 4.98 Å². The zero-order chi connectivity index (χ0) is 13.9. The van der Waals surface area contributed by atoms with Crippen LogP contribution in [0.15, 0.2) is 6.20 Å². The molecule has 20 heavy (non-hydrogen) atoms. The summed E-state index contributed by atoms with van der Waals surface area (Å²) in [5.74, 6) is 3.73. The van der Waals surface area contributed by atoms with Crippen molar-refractivity contribution in [3.63, 3.8) is 0 Å². The third kappa shape index (κ3) is 3.62. The zero-order valence-corrected chi connectivity index (χ0v) is 12.7. The smallest absolute Gasteiger partial charge is 0.224 e. The number of rotatable bonds is 8. The maximum absolute atomic E-state index is 4.78. The fraction of sp³-hybridized carbons (Fsp3) is 0.750. The monoisotopic (exact) mass is 274 g/mol. The maximum atomic E-state index is 4.78. The van der Waals surface area contributed by atoms with Crippen molar-refractivity contribution >= 4 is 11.8 Å². The van der Waals surface area contributed by atoms with E-state index in [1.807, 2.05) is 6.20 Å². The highest BCUT2D eigenvalue weighted by atomic mass is 15.2. The lowest BCUT2D eigenvalue weighted by atomic mass is 10.2. The minimum Gasteiger partial charge on any atom is -0.356 e. The average molecular weight is 274 g/mol. The van der Waals surface area contributed by atoms with Crippen LogP contribution in [-0.2, 0) is 0 Å². The van der Waals surface area contributed by atoms with Crippen molar-refractivity contribution in [2.24, 2.45) is 11.8 Å². The van der Waals surface area contributed by atoms with E-state index >= 15 is 0 Å². The van der Waals surface area contributed by atoms with E-state index in [0.717, 1.165) is 36.6 Å². The standard InChI is InChI=1S/C16H26N4/c1-3-8-17-16-18-9-12(2)15(19-16)20(10-13-4-5-13)11-14-6-7-14/h9,13-14H,3-8,10-11H2,1-2H3,(H,17,18,19). The number of hydrogen-bond acceptors (Lipinski definition) is 4. The Labute approximate surface area is 122 Å². The van der Waals surface area contributed by atoms with Crippen molar-refractivity contribution < 1.29 is 0 Å². The lowest BCUT2D eigenvalue weighted by Crippen LogP contribution is -2.30. The van der Waals surface area contributed by atoms with Crippen LogP contribution in [0.5, 0.6) is 0 Å². The zero-order valence-electron chi connectivity index (χ0n) is 12.7. The molecule has 110 valence electrons. The first-order valence-corrected chi connectivity index (χ1v) is 8.08. The van der Waals surface area contributed by atoms with Gasteiger partial charge in [0, 0.05) is 31.4 Å². The third-order valence-electron chi connectivity index (χ3n) is 4.13. The molecule has 0 bridgehead atoms. The van der Waals surface area contributed by atoms with E-state index in [4.69, 9.17) is 4.98 Å². The van der Waals surface area contributed by atoms with E-state index in [9.17, 15) is 0 Å². The molecule has 0 spiro atoms. The van der Waals surface area contributed by atoms with Crippen LogP contribution in [-0.4, -0.2) is 29.6 Å². The molecule has 2 aliphatic carbocycles. The summed E-state index contributed by atoms with van der Waals surface area (Å²) in [4.78, 5) is 11.7. The van der Waals surface area contributed by atoms with Crippen LogP contribution in [0.1, 0.15) is 44.6 Å². The quantitative estimate of drug-likeness (QED) is 0.790. The van der Waals surface area contributed by atoms with Gasteiger partial charge in [0.05, 0.1) is 0 Å². The van der Waals surface area contributed by atoms with E-state index in [1.165, 1.54) is 44.3 Å². The van der Waals surface area contributed by atoms with E-state index in [1.54, 1.807) is 0 Å². The van der Waals surface area contributed by atoms with Crippen molar-refractivity contribution in [2.45, 2.75) is 46.0 Å². The highest BCUT2D eigenvalue weighted by Crippen LogP contribution is 2.36. The molecule has 2 saturated carbocycles. The summed E-state index contributed by atoms with van der Waals surface area (Å²) >= 11 is 0. The molecule has 0 radical (unpaired) electrons. The predicted octanol–water partition coefficient (Wildman–Crippen LogP) is 3.23. The lowest BCUT2D eigenvalue weighted by molar-refractivity contribution is 0.668. The van der Waals surface area contributed by atoms with Gasteiger partial charge in [0.1, 0.15) is 5.82 Å². The van der Waals surface area contributed by atoms with Gasteiger partial charge in [-0.15, -0.1) is 0 Å². The predicted molar refractivity (Wildman–Crippen MR) is 83.2 cm³/mol. The Hall–Kier alpha value is -1.32. The van der Waals surface area contributed by atoms with Gasteiger partial charge in [-0.2, -0.15) is 4.98 Å². The summed E-state index contributed by atoms with van der Waals surface area (Å²) in [5, 5.41) is 3.31. The van der Waals surface area contributed by atoms with Gasteiger partial charge in [0.2, 0.25) is 5.95 Å². The molecular formula is C16H26N4. The molecule has 0 saturated heterocycles. The molecular weight excluding hydrogens is 248 g/mol. The van der Waals surface area contributed by atoms with Gasteiger partial charge in [0.15, 0.2) is 0 Å². The van der Waals surface area contributed by atoms with Crippen molar-refractivity contribution in [1.29, 1.82) is 0 Å². The van der Waals surface area contributed by atoms with Gasteiger partial charge in [0.25, 0.3) is 0 Å². The normalized spacial score (nSPS) is 18.1. The van der Waals surface area contributed by atoms with Crippen LogP contribution in [0.2, 0.25) is 0 Å². The summed E-state index contributed by atoms with van der Waals surface area (Å²) in [7, 11) is 0. The number of aromatic nitrogens is 2. The van der Waals surface area contributed by atoms with Crippen LogP contribution in [0.25, 0.3) is 0 Å². The molecule has 0 aromatic carbocycles. The Morgan fingerprint density at radius 1 is 1.20 bits per heavy atom. The fourth-order valence-electron chi connectivity index (χ4n) is 2.55. The number of hydrogen-bond donors (Lipinski definition) is 1. The number of nitrogens with one attached hydrogen (secondary N) is 1. The molecule has 2 fully saturated rings. The van der Waals surface area contributed by atoms with Crippen molar-refractivity contribution in [2.75, 3.05) is 29.9 Å². The molecule has 0 atom stereocenters. The SMILES string of the molecule is CCCNc1ncc(C)c(N(CC2CC2)CC2CC2)n1. The van der Waals surface area contributed by atoms with Crippen LogP contribution < -0.4 is 10.2 Å². The molecule has 0 unspecified atom stereocenters. The first-order chi connectivity index (χ1) is 9.76. The second-order valence-electron chi connectivity index (χ2n) is 6.42. The first-order valence-electron chi connectivity index (χ1n) is 8.08. The Morgan fingerprint density at radius 3 is 2.40 bits per heavy atom. The molecule has 1 aromatic rings. The number of nitrogens with zero attached hydrogens (tertiary/aromatic N) is 3. The lowest BCUT2D eigenvalue weighted by Gasteiger charge is -2.25. The highest BCUT2D eigenvalue weighted by Gasteiger charge is 2.30. The summed E-state index contributed by atoms with van der Waals surface area (Å²) in [6.07, 6.45) is 8.64. The van der Waals surface area contributed by atoms with Crippen LogP contribution in [0.4, 0.5) is 11.8 Å². The largest absolute Gasteiger partial charge is 0.356 e. The summed E-state index contributed by atoms with van der Waals surface area (Å²) in [6, 6.07) is 0. The van der Waals surface area contributed by atoms with Gasteiger partial charge >= 0.3 is 0 Å². The van der Waals surface area contributed by atoms with Crippen molar-refractivity contribution in [3.05, 3.63) is 11.8 Å². The summed E-state index contributed by atoms with van der Waals surface area (Å²) < 4.78 is 0. The Balaban J connectivity index is 1.75. The molecule has 1 N–H and O–H groups in total. The van der Waals surface area contributed by atoms with Gasteiger partial charge < -0.3 is 10.2 Å². The van der Waals surface area contributed by atoms with E-state index in [0.29, 0.717) is 0 Å². The molecule has 0 amide bonds. The molecule has 3 rings (SSSR count).